The molecule has 0 aliphatic heterocycles. The van der Waals surface area contributed by atoms with Crippen LogP contribution in [0.4, 0.5) is 16.4 Å². The molecule has 6 heteroatoms. The van der Waals surface area contributed by atoms with E-state index in [2.05, 4.69) is 58.0 Å². The van der Waals surface area contributed by atoms with Crippen LogP contribution in [0.25, 0.3) is 0 Å². The van der Waals surface area contributed by atoms with Crippen molar-refractivity contribution in [3.63, 3.8) is 0 Å². The highest BCUT2D eigenvalue weighted by Gasteiger charge is 2.22. The van der Waals surface area contributed by atoms with Gasteiger partial charge >= 0.3 is 5.97 Å². The van der Waals surface area contributed by atoms with Crippen LogP contribution in [-0.2, 0) is 6.42 Å². The molecule has 1 aliphatic carbocycles. The van der Waals surface area contributed by atoms with E-state index in [1.807, 2.05) is 0 Å². The number of carboxylic acid groups (broad SMARTS) is 1. The molecule has 0 spiro atoms. The molecule has 0 radical (unpaired) electrons. The van der Waals surface area contributed by atoms with Crippen LogP contribution >= 0.6 is 11.3 Å². The van der Waals surface area contributed by atoms with Crippen molar-refractivity contribution in [3.8, 4) is 0 Å². The highest BCUT2D eigenvalue weighted by atomic mass is 32.1. The molecular formula is C22H23N3O2S. The Balaban J connectivity index is 1.52. The average molecular weight is 394 g/mol. The number of hydrogen-bond donors (Lipinski definition) is 2. The van der Waals surface area contributed by atoms with Gasteiger partial charge in [-0.2, -0.15) is 0 Å². The molecule has 5 nitrogen and oxygen atoms in total. The second-order valence-electron chi connectivity index (χ2n) is 7.09. The highest BCUT2D eigenvalue weighted by molar-refractivity contribution is 7.14. The standard InChI is InChI=1S/C22H23N3O2S/c1-25(21-6-3-11-28-21)17-7-8-18-15(12-17)4-2-5-16(18)13-24-20-14-23-10-9-19(20)22(26)27/h3,6-12,14,16,24H,2,4-5,13H2,1H3,(H,26,27)/t16-/m0/s1. The molecule has 0 saturated carbocycles. The van der Waals surface area contributed by atoms with Crippen molar-refractivity contribution in [1.82, 2.24) is 4.98 Å². The van der Waals surface area contributed by atoms with Gasteiger partial charge < -0.3 is 15.3 Å². The number of fused-ring (bicyclic) bond motifs is 1. The van der Waals surface area contributed by atoms with Gasteiger partial charge in [0, 0.05) is 31.4 Å². The first-order valence-corrected chi connectivity index (χ1v) is 10.3. The van der Waals surface area contributed by atoms with Gasteiger partial charge in [-0.1, -0.05) is 6.07 Å². The summed E-state index contributed by atoms with van der Waals surface area (Å²) in [6, 6.07) is 12.5. The first-order valence-electron chi connectivity index (χ1n) is 9.44. The Morgan fingerprint density at radius 3 is 3.04 bits per heavy atom. The Bertz CT molecular complexity index is 972. The maximum Gasteiger partial charge on any atom is 0.337 e. The third-order valence-electron chi connectivity index (χ3n) is 5.38. The molecule has 1 aromatic carbocycles. The number of aromatic nitrogens is 1. The van der Waals surface area contributed by atoms with E-state index in [-0.39, 0.29) is 5.56 Å². The molecular weight excluding hydrogens is 370 g/mol. The van der Waals surface area contributed by atoms with E-state index >= 15 is 0 Å². The summed E-state index contributed by atoms with van der Waals surface area (Å²) >= 11 is 1.74. The molecule has 2 aromatic heterocycles. The SMILES string of the molecule is CN(c1ccc2c(c1)CCC[C@H]2CNc1cnccc1C(=O)O)c1cccs1. The summed E-state index contributed by atoms with van der Waals surface area (Å²) in [6.07, 6.45) is 6.43. The van der Waals surface area contributed by atoms with E-state index in [1.54, 1.807) is 17.5 Å². The summed E-state index contributed by atoms with van der Waals surface area (Å²) < 4.78 is 0. The lowest BCUT2D eigenvalue weighted by Gasteiger charge is -2.28. The zero-order valence-corrected chi connectivity index (χ0v) is 16.6. The van der Waals surface area contributed by atoms with Crippen molar-refractivity contribution in [2.45, 2.75) is 25.2 Å². The lowest BCUT2D eigenvalue weighted by Crippen LogP contribution is -2.20. The van der Waals surface area contributed by atoms with Crippen LogP contribution in [-0.4, -0.2) is 29.7 Å². The molecule has 2 heterocycles. The van der Waals surface area contributed by atoms with Crippen LogP contribution in [0.2, 0.25) is 0 Å². The monoisotopic (exact) mass is 393 g/mol. The maximum absolute atomic E-state index is 11.4. The fraction of sp³-hybridized carbons (Fsp3) is 0.273. The zero-order valence-electron chi connectivity index (χ0n) is 15.8. The summed E-state index contributed by atoms with van der Waals surface area (Å²) in [5.74, 6) is -0.568. The number of anilines is 3. The smallest absolute Gasteiger partial charge is 0.337 e. The van der Waals surface area contributed by atoms with Gasteiger partial charge in [-0.15, -0.1) is 11.3 Å². The normalized spacial score (nSPS) is 15.7. The number of thiophene rings is 1. The molecule has 144 valence electrons. The van der Waals surface area contributed by atoms with Gasteiger partial charge in [-0.05, 0) is 66.1 Å². The Kier molecular flexibility index (Phi) is 5.30. The summed E-state index contributed by atoms with van der Waals surface area (Å²) in [7, 11) is 2.10. The number of benzene rings is 1. The summed E-state index contributed by atoms with van der Waals surface area (Å²) in [4.78, 5) is 17.7. The number of hydrogen-bond acceptors (Lipinski definition) is 5. The Labute approximate surface area is 168 Å². The number of rotatable bonds is 6. The van der Waals surface area contributed by atoms with Crippen molar-refractivity contribution >= 4 is 33.7 Å². The van der Waals surface area contributed by atoms with E-state index in [0.29, 0.717) is 18.2 Å². The maximum atomic E-state index is 11.4. The molecule has 0 unspecified atom stereocenters. The van der Waals surface area contributed by atoms with Gasteiger partial charge in [0.25, 0.3) is 0 Å². The van der Waals surface area contributed by atoms with E-state index in [4.69, 9.17) is 0 Å². The second kappa shape index (κ2) is 8.02. The predicted molar refractivity (Wildman–Crippen MR) is 114 cm³/mol. The van der Waals surface area contributed by atoms with E-state index < -0.39 is 5.97 Å². The zero-order chi connectivity index (χ0) is 19.5. The molecule has 0 saturated heterocycles. The minimum Gasteiger partial charge on any atom is -0.478 e. The predicted octanol–water partition coefficient (Wildman–Crippen LogP) is 5.14. The minimum atomic E-state index is -0.935. The quantitative estimate of drug-likeness (QED) is 0.607. The van der Waals surface area contributed by atoms with Gasteiger partial charge in [0.2, 0.25) is 0 Å². The highest BCUT2D eigenvalue weighted by Crippen LogP contribution is 2.36. The minimum absolute atomic E-state index is 0.263. The van der Waals surface area contributed by atoms with Crippen LogP contribution in [0, 0.1) is 0 Å². The molecule has 3 aromatic rings. The first-order chi connectivity index (χ1) is 13.6. The van der Waals surface area contributed by atoms with E-state index in [9.17, 15) is 9.90 Å². The van der Waals surface area contributed by atoms with Crippen molar-refractivity contribution in [2.75, 3.05) is 23.8 Å². The van der Waals surface area contributed by atoms with Crippen molar-refractivity contribution in [3.05, 3.63) is 70.9 Å². The van der Waals surface area contributed by atoms with Gasteiger partial charge in [-0.3, -0.25) is 4.98 Å². The second-order valence-corrected chi connectivity index (χ2v) is 8.02. The van der Waals surface area contributed by atoms with Crippen LogP contribution in [0.3, 0.4) is 0 Å². The number of pyridine rings is 1. The van der Waals surface area contributed by atoms with Crippen molar-refractivity contribution in [2.24, 2.45) is 0 Å². The third kappa shape index (κ3) is 3.73. The van der Waals surface area contributed by atoms with E-state index in [1.165, 1.54) is 34.1 Å². The van der Waals surface area contributed by atoms with Gasteiger partial charge in [0.15, 0.2) is 0 Å². The number of nitrogens with one attached hydrogen (secondary N) is 1. The van der Waals surface area contributed by atoms with Gasteiger partial charge in [0.1, 0.15) is 0 Å². The summed E-state index contributed by atoms with van der Waals surface area (Å²) in [5, 5.41) is 16.0. The molecule has 0 amide bonds. The van der Waals surface area contributed by atoms with Crippen LogP contribution in [0.15, 0.2) is 54.2 Å². The number of aromatic carboxylic acids is 1. The summed E-state index contributed by atoms with van der Waals surface area (Å²) in [6.45, 7) is 0.707. The average Bonchev–Trinajstić information content (AvgIpc) is 3.26. The van der Waals surface area contributed by atoms with Crippen LogP contribution < -0.4 is 10.2 Å². The van der Waals surface area contributed by atoms with Crippen molar-refractivity contribution < 1.29 is 9.90 Å². The molecule has 2 N–H and O–H groups in total. The number of carbonyl (C=O) groups is 1. The molecule has 1 atom stereocenters. The largest absolute Gasteiger partial charge is 0.478 e. The van der Waals surface area contributed by atoms with Gasteiger partial charge in [0.05, 0.1) is 22.4 Å². The molecule has 4 rings (SSSR count). The topological polar surface area (TPSA) is 65.5 Å². The van der Waals surface area contributed by atoms with Gasteiger partial charge in [-0.25, -0.2) is 4.79 Å². The van der Waals surface area contributed by atoms with Crippen LogP contribution in [0.1, 0.15) is 40.2 Å². The molecule has 0 bridgehead atoms. The molecule has 1 aliphatic rings. The van der Waals surface area contributed by atoms with Crippen LogP contribution in [0.5, 0.6) is 0 Å². The summed E-state index contributed by atoms with van der Waals surface area (Å²) in [5.41, 5.74) is 4.80. The van der Waals surface area contributed by atoms with E-state index in [0.717, 1.165) is 19.3 Å². The third-order valence-corrected chi connectivity index (χ3v) is 6.32. The first kappa shape index (κ1) is 18.5. The van der Waals surface area contributed by atoms with Crippen molar-refractivity contribution in [1.29, 1.82) is 0 Å². The lowest BCUT2D eigenvalue weighted by molar-refractivity contribution is 0.0698. The fourth-order valence-corrected chi connectivity index (χ4v) is 4.58. The molecule has 28 heavy (non-hydrogen) atoms. The Morgan fingerprint density at radius 2 is 2.25 bits per heavy atom. The fourth-order valence-electron chi connectivity index (χ4n) is 3.86. The lowest BCUT2D eigenvalue weighted by atomic mass is 9.82. The Morgan fingerprint density at radius 1 is 1.36 bits per heavy atom. The molecule has 0 fully saturated rings. The Hall–Kier alpha value is -2.86. The number of carboxylic acids is 1. The number of nitrogens with zero attached hydrogens (tertiary/aromatic N) is 2. The number of aryl methyl sites for hydroxylation is 1.